The third kappa shape index (κ3) is 3.97. The van der Waals surface area contributed by atoms with Crippen LogP contribution in [0.5, 0.6) is 0 Å². The molecule has 1 aromatic heterocycles. The Balaban J connectivity index is 2.95. The number of hydrogen-bond acceptors (Lipinski definition) is 6. The van der Waals surface area contributed by atoms with Crippen molar-refractivity contribution in [2.75, 3.05) is 35.0 Å². The Labute approximate surface area is 119 Å². The minimum Gasteiger partial charge on any atom is -0.374 e. The SMILES string of the molecule is COC(C[NH2+]n1c([C@H](C)OC)nnc1[C@H](C)OC)OC. The van der Waals surface area contributed by atoms with Crippen LogP contribution in [0.25, 0.3) is 0 Å². The zero-order valence-corrected chi connectivity index (χ0v) is 13.0. The second-order valence-corrected chi connectivity index (χ2v) is 4.36. The number of nitrogens with zero attached hydrogens (tertiary/aromatic N) is 3. The number of quaternary nitrogens is 1. The lowest BCUT2D eigenvalue weighted by atomic mass is 10.3. The zero-order chi connectivity index (χ0) is 15.1. The van der Waals surface area contributed by atoms with E-state index in [2.05, 4.69) is 10.2 Å². The molecule has 1 heterocycles. The predicted octanol–water partition coefficient (Wildman–Crippen LogP) is -0.362. The summed E-state index contributed by atoms with van der Waals surface area (Å²) in [7, 11) is 6.48. The maximum atomic E-state index is 5.32. The summed E-state index contributed by atoms with van der Waals surface area (Å²) in [6.45, 7) is 4.40. The van der Waals surface area contributed by atoms with Crippen molar-refractivity contribution in [2.45, 2.75) is 32.3 Å². The second kappa shape index (κ2) is 8.28. The summed E-state index contributed by atoms with van der Waals surface area (Å²) in [6.07, 6.45) is -0.644. The van der Waals surface area contributed by atoms with Crippen LogP contribution in [0.2, 0.25) is 0 Å². The van der Waals surface area contributed by atoms with Crippen LogP contribution in [0.3, 0.4) is 0 Å². The molecule has 8 nitrogen and oxygen atoms in total. The molecule has 0 unspecified atom stereocenters. The first-order valence-electron chi connectivity index (χ1n) is 6.48. The molecule has 0 bridgehead atoms. The second-order valence-electron chi connectivity index (χ2n) is 4.36. The molecule has 1 aromatic rings. The van der Waals surface area contributed by atoms with Crippen molar-refractivity contribution in [1.29, 1.82) is 0 Å². The molecule has 20 heavy (non-hydrogen) atoms. The average molecular weight is 289 g/mol. The van der Waals surface area contributed by atoms with Gasteiger partial charge in [0.1, 0.15) is 18.8 Å². The number of hydrogen-bond donors (Lipinski definition) is 1. The van der Waals surface area contributed by atoms with Crippen molar-refractivity contribution in [1.82, 2.24) is 14.9 Å². The third-order valence-electron chi connectivity index (χ3n) is 3.19. The molecule has 0 spiro atoms. The van der Waals surface area contributed by atoms with E-state index in [4.69, 9.17) is 18.9 Å². The fourth-order valence-electron chi connectivity index (χ4n) is 1.75. The first-order chi connectivity index (χ1) is 9.58. The molecule has 8 heteroatoms. The number of ether oxygens (including phenoxy) is 4. The highest BCUT2D eigenvalue weighted by Gasteiger charge is 2.24. The number of nitrogens with two attached hydrogens (primary N) is 1. The van der Waals surface area contributed by atoms with Crippen LogP contribution in [0.15, 0.2) is 0 Å². The monoisotopic (exact) mass is 289 g/mol. The van der Waals surface area contributed by atoms with Crippen LogP contribution < -0.4 is 5.43 Å². The number of aromatic nitrogens is 3. The van der Waals surface area contributed by atoms with Gasteiger partial charge in [-0.2, -0.15) is 4.68 Å². The third-order valence-corrected chi connectivity index (χ3v) is 3.19. The first-order valence-corrected chi connectivity index (χ1v) is 6.48. The van der Waals surface area contributed by atoms with E-state index in [0.29, 0.717) is 6.54 Å². The summed E-state index contributed by atoms with van der Waals surface area (Å²) in [5.41, 5.74) is 1.92. The van der Waals surface area contributed by atoms with E-state index >= 15 is 0 Å². The van der Waals surface area contributed by atoms with Crippen LogP contribution in [0, 0.1) is 0 Å². The van der Waals surface area contributed by atoms with Gasteiger partial charge in [-0.05, 0) is 13.8 Å². The van der Waals surface area contributed by atoms with Crippen molar-refractivity contribution >= 4 is 0 Å². The zero-order valence-electron chi connectivity index (χ0n) is 13.0. The summed E-state index contributed by atoms with van der Waals surface area (Å²) >= 11 is 0. The van der Waals surface area contributed by atoms with Gasteiger partial charge in [0.2, 0.25) is 17.9 Å². The van der Waals surface area contributed by atoms with E-state index in [0.717, 1.165) is 11.6 Å². The molecule has 2 N–H and O–H groups in total. The van der Waals surface area contributed by atoms with Crippen molar-refractivity contribution in [3.8, 4) is 0 Å². The summed E-state index contributed by atoms with van der Waals surface area (Å²) < 4.78 is 22.9. The van der Waals surface area contributed by atoms with Gasteiger partial charge in [0, 0.05) is 28.4 Å². The molecule has 1 rings (SSSR count). The van der Waals surface area contributed by atoms with Gasteiger partial charge in [0.25, 0.3) is 0 Å². The van der Waals surface area contributed by atoms with Crippen LogP contribution in [0.1, 0.15) is 37.7 Å². The van der Waals surface area contributed by atoms with E-state index < -0.39 is 0 Å². The van der Waals surface area contributed by atoms with E-state index in [-0.39, 0.29) is 18.5 Å². The van der Waals surface area contributed by atoms with E-state index in [1.165, 1.54) is 0 Å². The average Bonchev–Trinajstić information content (AvgIpc) is 2.90. The molecule has 0 aliphatic heterocycles. The van der Waals surface area contributed by atoms with Gasteiger partial charge in [-0.15, -0.1) is 10.2 Å². The standard InChI is InChI=1S/C12H24N4O4/c1-8(17-3)11-14-15-12(9(2)18-4)16(11)13-7-10(19-5)20-6/h8-10,13H,7H2,1-6H3/p+1/t8-,9-/m0/s1. The minimum atomic E-state index is -0.311. The first kappa shape index (κ1) is 17.0. The molecule has 0 fully saturated rings. The largest absolute Gasteiger partial charge is 0.374 e. The molecule has 0 aliphatic carbocycles. The maximum Gasteiger partial charge on any atom is 0.211 e. The molecule has 0 saturated heterocycles. The summed E-state index contributed by atoms with van der Waals surface area (Å²) in [6, 6.07) is 0. The van der Waals surface area contributed by atoms with E-state index in [1.807, 2.05) is 23.9 Å². The van der Waals surface area contributed by atoms with Crippen LogP contribution >= 0.6 is 0 Å². The van der Waals surface area contributed by atoms with Gasteiger partial charge in [-0.25, -0.2) is 5.43 Å². The van der Waals surface area contributed by atoms with Gasteiger partial charge in [0.15, 0.2) is 0 Å². The maximum absolute atomic E-state index is 5.32. The molecular weight excluding hydrogens is 264 g/mol. The summed E-state index contributed by atoms with van der Waals surface area (Å²) in [4.78, 5) is 0. The Kier molecular flexibility index (Phi) is 7.03. The fraction of sp³-hybridized carbons (Fsp3) is 0.833. The Morgan fingerprint density at radius 3 is 1.70 bits per heavy atom. The molecule has 116 valence electrons. The lowest BCUT2D eigenvalue weighted by Crippen LogP contribution is -2.90. The van der Waals surface area contributed by atoms with Crippen molar-refractivity contribution < 1.29 is 24.4 Å². The fourth-order valence-corrected chi connectivity index (χ4v) is 1.75. The highest BCUT2D eigenvalue weighted by Crippen LogP contribution is 2.17. The molecule has 0 saturated carbocycles. The highest BCUT2D eigenvalue weighted by molar-refractivity contribution is 4.98. The van der Waals surface area contributed by atoms with Gasteiger partial charge in [-0.1, -0.05) is 0 Å². The molecular formula is C12H25N4O4+. The number of methoxy groups -OCH3 is 4. The Bertz CT molecular complexity index is 367. The van der Waals surface area contributed by atoms with Crippen molar-refractivity contribution in [3.63, 3.8) is 0 Å². The highest BCUT2D eigenvalue weighted by atomic mass is 16.7. The summed E-state index contributed by atoms with van der Waals surface area (Å²) in [5, 5.41) is 8.36. The Morgan fingerprint density at radius 2 is 1.35 bits per heavy atom. The van der Waals surface area contributed by atoms with Gasteiger partial charge in [0.05, 0.1) is 0 Å². The number of rotatable bonds is 9. The molecule has 0 aliphatic rings. The van der Waals surface area contributed by atoms with Gasteiger partial charge in [-0.3, -0.25) is 0 Å². The summed E-state index contributed by atoms with van der Waals surface area (Å²) in [5.74, 6) is 1.44. The van der Waals surface area contributed by atoms with E-state index in [9.17, 15) is 0 Å². The Hall–Kier alpha value is -1.06. The van der Waals surface area contributed by atoms with Crippen LogP contribution in [0.4, 0.5) is 0 Å². The van der Waals surface area contributed by atoms with Gasteiger partial charge >= 0.3 is 0 Å². The lowest BCUT2D eigenvalue weighted by molar-refractivity contribution is -0.723. The molecule has 2 atom stereocenters. The van der Waals surface area contributed by atoms with Crippen LogP contribution in [-0.4, -0.2) is 56.1 Å². The molecule has 0 aromatic carbocycles. The smallest absolute Gasteiger partial charge is 0.211 e. The van der Waals surface area contributed by atoms with E-state index in [1.54, 1.807) is 28.4 Å². The normalized spacial score (nSPS) is 14.8. The predicted molar refractivity (Wildman–Crippen MR) is 70.9 cm³/mol. The lowest BCUT2D eigenvalue weighted by Gasteiger charge is -2.16. The van der Waals surface area contributed by atoms with Gasteiger partial charge < -0.3 is 18.9 Å². The van der Waals surface area contributed by atoms with Crippen molar-refractivity contribution in [2.24, 2.45) is 0 Å². The molecule has 0 radical (unpaired) electrons. The van der Waals surface area contributed by atoms with Crippen molar-refractivity contribution in [3.05, 3.63) is 11.6 Å². The van der Waals surface area contributed by atoms with Crippen LogP contribution in [-0.2, 0) is 18.9 Å². The quantitative estimate of drug-likeness (QED) is 0.493. The Morgan fingerprint density at radius 1 is 0.900 bits per heavy atom. The molecule has 0 amide bonds. The topological polar surface area (TPSA) is 84.2 Å². The minimum absolute atomic E-state index is 0.167.